The van der Waals surface area contributed by atoms with Gasteiger partial charge in [-0.05, 0) is 29.3 Å². The van der Waals surface area contributed by atoms with E-state index in [4.69, 9.17) is 11.6 Å². The van der Waals surface area contributed by atoms with E-state index in [1.807, 2.05) is 24.3 Å². The molecule has 0 bridgehead atoms. The first-order valence-electron chi connectivity index (χ1n) is 9.26. The lowest BCUT2D eigenvalue weighted by molar-refractivity contribution is -0.384. The second-order valence-corrected chi connectivity index (χ2v) is 7.19. The Balaban J connectivity index is 1.39. The molecule has 1 aliphatic heterocycles. The SMILES string of the molecule is O=C(CN1CCN(Cc2ccccc2Cl)CC1)NN=Cc1ccc([N+](=O)[O-])cc1. The molecule has 1 aliphatic rings. The van der Waals surface area contributed by atoms with Crippen molar-refractivity contribution in [2.24, 2.45) is 5.10 Å². The number of nitrogens with zero attached hydrogens (tertiary/aromatic N) is 4. The number of carbonyl (C=O) groups is 1. The average Bonchev–Trinajstić information content (AvgIpc) is 2.71. The van der Waals surface area contributed by atoms with E-state index in [-0.39, 0.29) is 18.1 Å². The first-order valence-corrected chi connectivity index (χ1v) is 9.63. The molecule has 0 aromatic heterocycles. The van der Waals surface area contributed by atoms with Crippen molar-refractivity contribution in [3.8, 4) is 0 Å². The number of benzene rings is 2. The Bertz CT molecular complexity index is 880. The summed E-state index contributed by atoms with van der Waals surface area (Å²) in [6, 6.07) is 13.8. The summed E-state index contributed by atoms with van der Waals surface area (Å²) < 4.78 is 0. The van der Waals surface area contributed by atoms with Crippen LogP contribution < -0.4 is 5.43 Å². The Morgan fingerprint density at radius 2 is 1.76 bits per heavy atom. The monoisotopic (exact) mass is 415 g/mol. The normalized spacial score (nSPS) is 15.5. The van der Waals surface area contributed by atoms with Gasteiger partial charge in [-0.3, -0.25) is 24.7 Å². The molecule has 0 aliphatic carbocycles. The van der Waals surface area contributed by atoms with Gasteiger partial charge in [0.05, 0.1) is 17.7 Å². The predicted molar refractivity (Wildman–Crippen MR) is 112 cm³/mol. The van der Waals surface area contributed by atoms with Gasteiger partial charge < -0.3 is 0 Å². The highest BCUT2D eigenvalue weighted by molar-refractivity contribution is 6.31. The van der Waals surface area contributed by atoms with E-state index < -0.39 is 4.92 Å². The molecule has 0 spiro atoms. The first kappa shape index (κ1) is 20.9. The number of carbonyl (C=O) groups excluding carboxylic acids is 1. The third kappa shape index (κ3) is 6.35. The summed E-state index contributed by atoms with van der Waals surface area (Å²) in [5, 5.41) is 15.3. The summed E-state index contributed by atoms with van der Waals surface area (Å²) in [5.41, 5.74) is 4.29. The predicted octanol–water partition coefficient (Wildman–Crippen LogP) is 2.52. The molecule has 2 aromatic rings. The highest BCUT2D eigenvalue weighted by Crippen LogP contribution is 2.17. The molecule has 1 amide bonds. The number of rotatable bonds is 7. The highest BCUT2D eigenvalue weighted by Gasteiger charge is 2.19. The van der Waals surface area contributed by atoms with Gasteiger partial charge in [-0.1, -0.05) is 29.8 Å². The van der Waals surface area contributed by atoms with Gasteiger partial charge in [-0.25, -0.2) is 5.43 Å². The summed E-state index contributed by atoms with van der Waals surface area (Å²) in [7, 11) is 0. The maximum absolute atomic E-state index is 12.1. The molecule has 1 fully saturated rings. The van der Waals surface area contributed by atoms with Crippen LogP contribution in [0.3, 0.4) is 0 Å². The van der Waals surface area contributed by atoms with Crippen LogP contribution in [0.5, 0.6) is 0 Å². The Kier molecular flexibility index (Phi) is 7.29. The van der Waals surface area contributed by atoms with Crippen LogP contribution in [0.1, 0.15) is 11.1 Å². The van der Waals surface area contributed by atoms with Gasteiger partial charge in [0.2, 0.25) is 0 Å². The third-order valence-corrected chi connectivity index (χ3v) is 5.06. The van der Waals surface area contributed by atoms with E-state index in [9.17, 15) is 14.9 Å². The van der Waals surface area contributed by atoms with Crippen LogP contribution in [0.25, 0.3) is 0 Å². The largest absolute Gasteiger partial charge is 0.296 e. The zero-order valence-corrected chi connectivity index (χ0v) is 16.6. The Hall–Kier alpha value is -2.81. The van der Waals surface area contributed by atoms with E-state index in [1.165, 1.54) is 18.3 Å². The quantitative estimate of drug-likeness (QED) is 0.426. The number of non-ortho nitro benzene ring substituents is 1. The summed E-state index contributed by atoms with van der Waals surface area (Å²) in [6.07, 6.45) is 1.46. The fourth-order valence-corrected chi connectivity index (χ4v) is 3.27. The minimum absolute atomic E-state index is 0.0138. The smallest absolute Gasteiger partial charge is 0.269 e. The standard InChI is InChI=1S/C20H22ClN5O3/c21-19-4-2-1-3-17(19)14-24-9-11-25(12-10-24)15-20(27)23-22-13-16-5-7-18(8-6-16)26(28)29/h1-8,13H,9-12,14-15H2,(H,23,27). The molecular formula is C20H22ClN5O3. The molecule has 9 heteroatoms. The molecule has 0 radical (unpaired) electrons. The second-order valence-electron chi connectivity index (χ2n) is 6.79. The minimum atomic E-state index is -0.461. The molecule has 2 aromatic carbocycles. The van der Waals surface area contributed by atoms with Crippen LogP contribution >= 0.6 is 11.6 Å². The summed E-state index contributed by atoms with van der Waals surface area (Å²) >= 11 is 6.22. The first-order chi connectivity index (χ1) is 14.0. The van der Waals surface area contributed by atoms with Crippen molar-refractivity contribution in [2.45, 2.75) is 6.54 Å². The van der Waals surface area contributed by atoms with Crippen molar-refractivity contribution < 1.29 is 9.72 Å². The van der Waals surface area contributed by atoms with Gasteiger partial charge >= 0.3 is 0 Å². The van der Waals surface area contributed by atoms with Crippen molar-refractivity contribution in [2.75, 3.05) is 32.7 Å². The number of nitrogens with one attached hydrogen (secondary N) is 1. The van der Waals surface area contributed by atoms with E-state index in [2.05, 4.69) is 20.3 Å². The number of hydrazone groups is 1. The van der Waals surface area contributed by atoms with Crippen LogP contribution in [-0.4, -0.2) is 59.6 Å². The lowest BCUT2D eigenvalue weighted by atomic mass is 10.2. The molecule has 0 saturated carbocycles. The molecule has 1 saturated heterocycles. The van der Waals surface area contributed by atoms with Crippen LogP contribution in [0.2, 0.25) is 5.02 Å². The maximum Gasteiger partial charge on any atom is 0.269 e. The number of hydrogen-bond acceptors (Lipinski definition) is 6. The van der Waals surface area contributed by atoms with Crippen LogP contribution in [-0.2, 0) is 11.3 Å². The molecule has 1 heterocycles. The van der Waals surface area contributed by atoms with Gasteiger partial charge in [-0.2, -0.15) is 5.10 Å². The molecule has 152 valence electrons. The number of piperazine rings is 1. The number of nitro groups is 1. The van der Waals surface area contributed by atoms with Crippen molar-refractivity contribution in [1.82, 2.24) is 15.2 Å². The molecule has 0 atom stereocenters. The van der Waals surface area contributed by atoms with Crippen molar-refractivity contribution in [1.29, 1.82) is 0 Å². The number of halogens is 1. The highest BCUT2D eigenvalue weighted by atomic mass is 35.5. The van der Waals surface area contributed by atoms with Gasteiger partial charge in [0.15, 0.2) is 0 Å². The van der Waals surface area contributed by atoms with Crippen LogP contribution in [0, 0.1) is 10.1 Å². The number of nitro benzene ring substituents is 1. The van der Waals surface area contributed by atoms with E-state index in [0.29, 0.717) is 5.56 Å². The van der Waals surface area contributed by atoms with Crippen molar-refractivity contribution >= 4 is 29.4 Å². The second kappa shape index (κ2) is 10.1. The van der Waals surface area contributed by atoms with Gasteiger partial charge in [0.25, 0.3) is 11.6 Å². The maximum atomic E-state index is 12.1. The summed E-state index contributed by atoms with van der Waals surface area (Å²) in [6.45, 7) is 4.40. The lowest BCUT2D eigenvalue weighted by Crippen LogP contribution is -2.48. The topological polar surface area (TPSA) is 91.1 Å². The van der Waals surface area contributed by atoms with Crippen molar-refractivity contribution in [3.63, 3.8) is 0 Å². The Morgan fingerprint density at radius 3 is 2.41 bits per heavy atom. The van der Waals surface area contributed by atoms with E-state index >= 15 is 0 Å². The van der Waals surface area contributed by atoms with Crippen molar-refractivity contribution in [3.05, 3.63) is 74.8 Å². The van der Waals surface area contributed by atoms with Gasteiger partial charge in [-0.15, -0.1) is 0 Å². The molecule has 1 N–H and O–H groups in total. The van der Waals surface area contributed by atoms with Crippen LogP contribution in [0.4, 0.5) is 5.69 Å². The molecule has 29 heavy (non-hydrogen) atoms. The Morgan fingerprint density at radius 1 is 1.10 bits per heavy atom. The molecule has 8 nitrogen and oxygen atoms in total. The molecule has 0 unspecified atom stereocenters. The van der Waals surface area contributed by atoms with Gasteiger partial charge in [0.1, 0.15) is 0 Å². The fraction of sp³-hybridized carbons (Fsp3) is 0.300. The Labute approximate surface area is 173 Å². The number of hydrogen-bond donors (Lipinski definition) is 1. The minimum Gasteiger partial charge on any atom is -0.296 e. The lowest BCUT2D eigenvalue weighted by Gasteiger charge is -2.34. The zero-order chi connectivity index (χ0) is 20.6. The third-order valence-electron chi connectivity index (χ3n) is 4.69. The zero-order valence-electron chi connectivity index (χ0n) is 15.8. The van der Waals surface area contributed by atoms with E-state index in [0.717, 1.165) is 43.3 Å². The summed E-state index contributed by atoms with van der Waals surface area (Å²) in [5.74, 6) is -0.192. The summed E-state index contributed by atoms with van der Waals surface area (Å²) in [4.78, 5) is 26.7. The molecular weight excluding hydrogens is 394 g/mol. The number of amides is 1. The fourth-order valence-electron chi connectivity index (χ4n) is 3.07. The molecule has 3 rings (SSSR count). The van der Waals surface area contributed by atoms with E-state index in [1.54, 1.807) is 12.1 Å². The van der Waals surface area contributed by atoms with Gasteiger partial charge in [0, 0.05) is 49.9 Å². The average molecular weight is 416 g/mol. The van der Waals surface area contributed by atoms with Crippen LogP contribution in [0.15, 0.2) is 53.6 Å².